The lowest BCUT2D eigenvalue weighted by Crippen LogP contribution is -1.93. The van der Waals surface area contributed by atoms with Crippen molar-refractivity contribution in [2.24, 2.45) is 0 Å². The van der Waals surface area contributed by atoms with E-state index in [-0.39, 0.29) is 12.4 Å². The smallest absolute Gasteiger partial charge is 0.146 e. The van der Waals surface area contributed by atoms with Gasteiger partial charge in [-0.2, -0.15) is 0 Å². The summed E-state index contributed by atoms with van der Waals surface area (Å²) < 4.78 is 24.0. The van der Waals surface area contributed by atoms with Crippen LogP contribution in [0.5, 0.6) is 5.75 Å². The lowest BCUT2D eigenvalue weighted by atomic mass is 10.2. The Bertz CT molecular complexity index is 640. The first-order chi connectivity index (χ1) is 8.81. The summed E-state index contributed by atoms with van der Waals surface area (Å²) >= 11 is 0. The maximum atomic E-state index is 13.0. The van der Waals surface area contributed by atoms with Gasteiger partial charge in [-0.15, -0.1) is 0 Å². The van der Waals surface area contributed by atoms with Crippen LogP contribution in [0, 0.1) is 5.82 Å². The minimum Gasteiger partial charge on any atom is -0.486 e. The molecule has 3 rings (SSSR count). The van der Waals surface area contributed by atoms with Gasteiger partial charge in [-0.05, 0) is 24.3 Å². The molecule has 0 amide bonds. The minimum atomic E-state index is -0.308. The summed E-state index contributed by atoms with van der Waals surface area (Å²) in [7, 11) is 0. The van der Waals surface area contributed by atoms with E-state index in [2.05, 4.69) is 0 Å². The predicted molar refractivity (Wildman–Crippen MR) is 66.9 cm³/mol. The fourth-order valence-electron chi connectivity index (χ4n) is 1.82. The summed E-state index contributed by atoms with van der Waals surface area (Å²) in [6, 6.07) is 15.7. The number of rotatable bonds is 3. The number of benzene rings is 2. The molecule has 18 heavy (non-hydrogen) atoms. The van der Waals surface area contributed by atoms with Crippen LogP contribution in [0.15, 0.2) is 59.0 Å². The second-order valence-electron chi connectivity index (χ2n) is 4.00. The van der Waals surface area contributed by atoms with E-state index < -0.39 is 0 Å². The van der Waals surface area contributed by atoms with E-state index >= 15 is 0 Å². The quantitative estimate of drug-likeness (QED) is 0.688. The largest absolute Gasteiger partial charge is 0.486 e. The molecule has 0 fully saturated rings. The van der Waals surface area contributed by atoms with Gasteiger partial charge in [-0.25, -0.2) is 4.39 Å². The third-order valence-corrected chi connectivity index (χ3v) is 2.65. The molecule has 0 bridgehead atoms. The number of hydrogen-bond acceptors (Lipinski definition) is 2. The van der Waals surface area contributed by atoms with Crippen molar-refractivity contribution in [1.29, 1.82) is 0 Å². The molecule has 2 nitrogen and oxygen atoms in total. The first-order valence-electron chi connectivity index (χ1n) is 5.67. The third kappa shape index (κ3) is 2.20. The van der Waals surface area contributed by atoms with Crippen molar-refractivity contribution in [3.63, 3.8) is 0 Å². The fourth-order valence-corrected chi connectivity index (χ4v) is 1.82. The SMILES string of the molecule is Fc1cccc(OCc2cc3ccccc3o2)c1. The van der Waals surface area contributed by atoms with Gasteiger partial charge in [0, 0.05) is 11.5 Å². The molecule has 0 aliphatic heterocycles. The Labute approximate surface area is 104 Å². The van der Waals surface area contributed by atoms with E-state index in [0.29, 0.717) is 5.75 Å². The zero-order valence-corrected chi connectivity index (χ0v) is 9.60. The van der Waals surface area contributed by atoms with Crippen LogP contribution in [-0.4, -0.2) is 0 Å². The van der Waals surface area contributed by atoms with Crippen LogP contribution < -0.4 is 4.74 Å². The van der Waals surface area contributed by atoms with Crippen molar-refractivity contribution in [2.75, 3.05) is 0 Å². The summed E-state index contributed by atoms with van der Waals surface area (Å²) in [5.41, 5.74) is 0.829. The third-order valence-electron chi connectivity index (χ3n) is 2.65. The summed E-state index contributed by atoms with van der Waals surface area (Å²) in [6.45, 7) is 0.290. The fraction of sp³-hybridized carbons (Fsp3) is 0.0667. The molecule has 1 heterocycles. The normalized spacial score (nSPS) is 10.7. The molecule has 0 saturated carbocycles. The maximum absolute atomic E-state index is 13.0. The molecule has 0 N–H and O–H groups in total. The van der Waals surface area contributed by atoms with Crippen molar-refractivity contribution < 1.29 is 13.5 Å². The standard InChI is InChI=1S/C15H11FO2/c16-12-5-3-6-13(9-12)17-10-14-8-11-4-1-2-7-15(11)18-14/h1-9H,10H2. The van der Waals surface area contributed by atoms with Gasteiger partial charge in [0.2, 0.25) is 0 Å². The highest BCUT2D eigenvalue weighted by molar-refractivity contribution is 5.77. The van der Waals surface area contributed by atoms with Crippen molar-refractivity contribution in [1.82, 2.24) is 0 Å². The van der Waals surface area contributed by atoms with Gasteiger partial charge < -0.3 is 9.15 Å². The van der Waals surface area contributed by atoms with Gasteiger partial charge in [-0.3, -0.25) is 0 Å². The highest BCUT2D eigenvalue weighted by atomic mass is 19.1. The summed E-state index contributed by atoms with van der Waals surface area (Å²) in [5, 5.41) is 1.04. The highest BCUT2D eigenvalue weighted by Crippen LogP contribution is 2.20. The highest BCUT2D eigenvalue weighted by Gasteiger charge is 2.04. The van der Waals surface area contributed by atoms with Crippen LogP contribution in [0.1, 0.15) is 5.76 Å². The molecule has 90 valence electrons. The molecule has 0 unspecified atom stereocenters. The molecule has 0 radical (unpaired) electrons. The summed E-state index contributed by atoms with van der Waals surface area (Å²) in [4.78, 5) is 0. The van der Waals surface area contributed by atoms with Gasteiger partial charge in [0.15, 0.2) is 0 Å². The van der Waals surface area contributed by atoms with Crippen LogP contribution in [0.4, 0.5) is 4.39 Å². The Hall–Kier alpha value is -2.29. The van der Waals surface area contributed by atoms with Gasteiger partial charge in [-0.1, -0.05) is 24.3 Å². The Morgan fingerprint density at radius 2 is 1.89 bits per heavy atom. The molecule has 3 aromatic rings. The van der Waals surface area contributed by atoms with Gasteiger partial charge in [0.25, 0.3) is 0 Å². The molecule has 0 aliphatic rings. The number of halogens is 1. The van der Waals surface area contributed by atoms with Crippen LogP contribution >= 0.6 is 0 Å². The second kappa shape index (κ2) is 4.53. The monoisotopic (exact) mass is 242 g/mol. The van der Waals surface area contributed by atoms with Crippen molar-refractivity contribution in [3.8, 4) is 5.75 Å². The Kier molecular flexibility index (Phi) is 2.73. The second-order valence-corrected chi connectivity index (χ2v) is 4.00. The molecule has 0 saturated heterocycles. The minimum absolute atomic E-state index is 0.290. The first kappa shape index (κ1) is 10.8. The predicted octanol–water partition coefficient (Wildman–Crippen LogP) is 4.15. The van der Waals surface area contributed by atoms with Crippen LogP contribution in [0.3, 0.4) is 0 Å². The zero-order valence-electron chi connectivity index (χ0n) is 9.60. The van der Waals surface area contributed by atoms with E-state index in [9.17, 15) is 4.39 Å². The molecular weight excluding hydrogens is 231 g/mol. The zero-order chi connectivity index (χ0) is 12.4. The van der Waals surface area contributed by atoms with E-state index in [1.807, 2.05) is 30.3 Å². The molecule has 3 heteroatoms. The van der Waals surface area contributed by atoms with E-state index in [1.165, 1.54) is 12.1 Å². The van der Waals surface area contributed by atoms with Gasteiger partial charge in [0.1, 0.15) is 29.5 Å². The molecule has 0 aliphatic carbocycles. The molecule has 0 spiro atoms. The number of para-hydroxylation sites is 1. The van der Waals surface area contributed by atoms with Crippen LogP contribution in [-0.2, 0) is 6.61 Å². The number of furan rings is 1. The number of ether oxygens (including phenoxy) is 1. The van der Waals surface area contributed by atoms with E-state index in [0.717, 1.165) is 16.7 Å². The first-order valence-corrected chi connectivity index (χ1v) is 5.67. The topological polar surface area (TPSA) is 22.4 Å². The summed E-state index contributed by atoms with van der Waals surface area (Å²) in [5.74, 6) is 0.910. The van der Waals surface area contributed by atoms with E-state index in [4.69, 9.17) is 9.15 Å². The van der Waals surface area contributed by atoms with Crippen molar-refractivity contribution in [3.05, 3.63) is 66.2 Å². The number of fused-ring (bicyclic) bond motifs is 1. The van der Waals surface area contributed by atoms with Crippen molar-refractivity contribution in [2.45, 2.75) is 6.61 Å². The summed E-state index contributed by atoms with van der Waals surface area (Å²) in [6.07, 6.45) is 0. The van der Waals surface area contributed by atoms with Gasteiger partial charge in [0.05, 0.1) is 0 Å². The Morgan fingerprint density at radius 3 is 2.72 bits per heavy atom. The Morgan fingerprint density at radius 1 is 1.00 bits per heavy atom. The van der Waals surface area contributed by atoms with Crippen molar-refractivity contribution >= 4 is 11.0 Å². The van der Waals surface area contributed by atoms with E-state index in [1.54, 1.807) is 12.1 Å². The molecule has 1 aromatic heterocycles. The van der Waals surface area contributed by atoms with Crippen LogP contribution in [0.2, 0.25) is 0 Å². The Balaban J connectivity index is 1.76. The van der Waals surface area contributed by atoms with Gasteiger partial charge >= 0.3 is 0 Å². The number of hydrogen-bond donors (Lipinski definition) is 0. The average Bonchev–Trinajstić information content (AvgIpc) is 2.79. The lowest BCUT2D eigenvalue weighted by molar-refractivity contribution is 0.273. The molecular formula is C15H11FO2. The van der Waals surface area contributed by atoms with Crippen LogP contribution in [0.25, 0.3) is 11.0 Å². The maximum Gasteiger partial charge on any atom is 0.146 e. The molecule has 0 atom stereocenters. The lowest BCUT2D eigenvalue weighted by Gasteiger charge is -2.03. The average molecular weight is 242 g/mol. The molecule has 2 aromatic carbocycles.